The normalized spacial score (nSPS) is 12.1. The smallest absolute Gasteiger partial charge is 0.243 e. The Morgan fingerprint density at radius 3 is 2.60 bits per heavy atom. The average Bonchev–Trinajstić information content (AvgIpc) is 2.32. The van der Waals surface area contributed by atoms with E-state index in [1.165, 1.54) is 0 Å². The lowest BCUT2D eigenvalue weighted by atomic mass is 10.1. The van der Waals surface area contributed by atoms with Crippen molar-refractivity contribution in [3.8, 4) is 0 Å². The second-order valence-corrected chi connectivity index (χ2v) is 7.68. The highest BCUT2D eigenvalue weighted by Gasteiger charge is 2.20. The molecule has 0 bridgehead atoms. The predicted octanol–water partition coefficient (Wildman–Crippen LogP) is 3.28. The summed E-state index contributed by atoms with van der Waals surface area (Å²) in [5, 5.41) is 0. The lowest BCUT2D eigenvalue weighted by Crippen LogP contribution is -2.26. The maximum atomic E-state index is 13.7. The average molecular weight is 367 g/mol. The number of anilines is 1. The van der Waals surface area contributed by atoms with Crippen molar-refractivity contribution in [1.29, 1.82) is 0 Å². The molecule has 1 rings (SSSR count). The summed E-state index contributed by atoms with van der Waals surface area (Å²) in [5.74, 6) is -0.226. The molecule has 0 atom stereocenters. The molecule has 4 nitrogen and oxygen atoms in total. The molecule has 0 spiro atoms. The van der Waals surface area contributed by atoms with Gasteiger partial charge in [0, 0.05) is 16.7 Å². The van der Waals surface area contributed by atoms with Gasteiger partial charge in [0.2, 0.25) is 10.0 Å². The van der Waals surface area contributed by atoms with E-state index >= 15 is 0 Å². The van der Waals surface area contributed by atoms with Crippen LogP contribution in [0.15, 0.2) is 21.5 Å². The molecular weight excluding hydrogens is 347 g/mol. The van der Waals surface area contributed by atoms with E-state index in [1.54, 1.807) is 0 Å². The van der Waals surface area contributed by atoms with E-state index in [0.29, 0.717) is 16.9 Å². The Balaban J connectivity index is 2.68. The molecule has 0 heterocycles. The van der Waals surface area contributed by atoms with Crippen LogP contribution >= 0.6 is 15.9 Å². The fourth-order valence-corrected chi connectivity index (χ4v) is 3.19. The molecule has 0 radical (unpaired) electrons. The Morgan fingerprint density at radius 1 is 1.35 bits per heavy atom. The highest BCUT2D eigenvalue weighted by atomic mass is 79.9. The molecule has 1 aromatic carbocycles. The molecule has 1 aromatic rings. The van der Waals surface area contributed by atoms with Crippen LogP contribution in [0.5, 0.6) is 0 Å². The summed E-state index contributed by atoms with van der Waals surface area (Å²) < 4.78 is 40.4. The minimum atomic E-state index is -3.86. The summed E-state index contributed by atoms with van der Waals surface area (Å²) >= 11 is 3.05. The molecule has 0 fully saturated rings. The SMILES string of the molecule is CC(C)CCCCNS(=O)(=O)c1cc(N)c(Br)cc1F. The molecule has 0 aromatic heterocycles. The molecule has 0 saturated heterocycles. The lowest BCUT2D eigenvalue weighted by molar-refractivity contribution is 0.527. The first-order valence-corrected chi connectivity index (χ1v) is 8.76. The zero-order valence-electron chi connectivity index (χ0n) is 11.6. The van der Waals surface area contributed by atoms with Crippen molar-refractivity contribution < 1.29 is 12.8 Å². The van der Waals surface area contributed by atoms with Crippen molar-refractivity contribution in [2.24, 2.45) is 5.92 Å². The van der Waals surface area contributed by atoms with E-state index in [-0.39, 0.29) is 5.69 Å². The summed E-state index contributed by atoms with van der Waals surface area (Å²) in [7, 11) is -3.86. The van der Waals surface area contributed by atoms with Crippen LogP contribution in [0.2, 0.25) is 0 Å². The number of hydrogen-bond donors (Lipinski definition) is 2. The van der Waals surface area contributed by atoms with Gasteiger partial charge >= 0.3 is 0 Å². The molecule has 7 heteroatoms. The molecule has 0 aliphatic rings. The molecule has 0 amide bonds. The molecule has 3 N–H and O–H groups in total. The third kappa shape index (κ3) is 5.03. The number of sulfonamides is 1. The van der Waals surface area contributed by atoms with Crippen molar-refractivity contribution >= 4 is 31.6 Å². The highest BCUT2D eigenvalue weighted by Crippen LogP contribution is 2.25. The number of nitrogen functional groups attached to an aromatic ring is 1. The summed E-state index contributed by atoms with van der Waals surface area (Å²) in [6.45, 7) is 4.53. The van der Waals surface area contributed by atoms with Crippen LogP contribution in [0.4, 0.5) is 10.1 Å². The topological polar surface area (TPSA) is 72.2 Å². The first kappa shape index (κ1) is 17.4. The van der Waals surface area contributed by atoms with E-state index in [0.717, 1.165) is 31.4 Å². The van der Waals surface area contributed by atoms with Crippen LogP contribution < -0.4 is 10.5 Å². The first-order chi connectivity index (χ1) is 9.24. The van der Waals surface area contributed by atoms with Crippen LogP contribution in [-0.4, -0.2) is 15.0 Å². The molecule has 0 saturated carbocycles. The minimum Gasteiger partial charge on any atom is -0.398 e. The minimum absolute atomic E-state index is 0.187. The van der Waals surface area contributed by atoms with Crippen molar-refractivity contribution in [2.45, 2.75) is 38.0 Å². The quantitative estimate of drug-likeness (QED) is 0.574. The number of unbranched alkanes of at least 4 members (excludes halogenated alkanes) is 1. The number of nitrogens with one attached hydrogen (secondary N) is 1. The second-order valence-electron chi connectivity index (χ2n) is 5.09. The predicted molar refractivity (Wildman–Crippen MR) is 82.4 cm³/mol. The third-order valence-electron chi connectivity index (χ3n) is 2.84. The number of nitrogens with two attached hydrogens (primary N) is 1. The Hall–Kier alpha value is -0.660. The van der Waals surface area contributed by atoms with Gasteiger partial charge in [0.1, 0.15) is 10.7 Å². The molecular formula is C13H20BrFN2O2S. The van der Waals surface area contributed by atoms with Gasteiger partial charge in [0.25, 0.3) is 0 Å². The fourth-order valence-electron chi connectivity index (χ4n) is 1.71. The van der Waals surface area contributed by atoms with E-state index in [1.807, 2.05) is 0 Å². The van der Waals surface area contributed by atoms with Crippen molar-refractivity contribution in [1.82, 2.24) is 4.72 Å². The lowest BCUT2D eigenvalue weighted by Gasteiger charge is -2.10. The maximum absolute atomic E-state index is 13.7. The largest absolute Gasteiger partial charge is 0.398 e. The number of rotatable bonds is 7. The van der Waals surface area contributed by atoms with E-state index in [9.17, 15) is 12.8 Å². The Kier molecular flexibility index (Phi) is 6.42. The Bertz CT molecular complexity index is 562. The molecule has 114 valence electrons. The second kappa shape index (κ2) is 7.38. The number of halogens is 2. The van der Waals surface area contributed by atoms with Gasteiger partial charge in [-0.25, -0.2) is 17.5 Å². The molecule has 0 aliphatic carbocycles. The van der Waals surface area contributed by atoms with Crippen LogP contribution in [0.3, 0.4) is 0 Å². The summed E-state index contributed by atoms with van der Waals surface area (Å²) in [4.78, 5) is -0.415. The van der Waals surface area contributed by atoms with Gasteiger partial charge < -0.3 is 5.73 Å². The fraction of sp³-hybridized carbons (Fsp3) is 0.538. The number of hydrogen-bond acceptors (Lipinski definition) is 3. The van der Waals surface area contributed by atoms with E-state index in [4.69, 9.17) is 5.73 Å². The highest BCUT2D eigenvalue weighted by molar-refractivity contribution is 9.10. The molecule has 0 aliphatic heterocycles. The van der Waals surface area contributed by atoms with Gasteiger partial charge in [-0.2, -0.15) is 0 Å². The van der Waals surface area contributed by atoms with Crippen LogP contribution in [0.25, 0.3) is 0 Å². The zero-order chi connectivity index (χ0) is 15.3. The van der Waals surface area contributed by atoms with Gasteiger partial charge in [-0.1, -0.05) is 26.7 Å². The van der Waals surface area contributed by atoms with Crippen LogP contribution in [0, 0.1) is 11.7 Å². The van der Waals surface area contributed by atoms with Gasteiger partial charge in [-0.15, -0.1) is 0 Å². The van der Waals surface area contributed by atoms with Crippen molar-refractivity contribution in [3.05, 3.63) is 22.4 Å². The Labute approximate surface area is 128 Å². The van der Waals surface area contributed by atoms with Crippen molar-refractivity contribution in [3.63, 3.8) is 0 Å². The standard InChI is InChI=1S/C13H20BrFN2O2S/c1-9(2)5-3-4-6-17-20(18,19)13-8-12(16)10(14)7-11(13)15/h7-9,17H,3-6,16H2,1-2H3. The molecule has 0 unspecified atom stereocenters. The summed E-state index contributed by atoms with van der Waals surface area (Å²) in [5.41, 5.74) is 5.78. The van der Waals surface area contributed by atoms with Gasteiger partial charge in [0.05, 0.1) is 0 Å². The van der Waals surface area contributed by atoms with Crippen LogP contribution in [-0.2, 0) is 10.0 Å². The number of benzene rings is 1. The van der Waals surface area contributed by atoms with Gasteiger partial charge in [-0.05, 0) is 40.4 Å². The first-order valence-electron chi connectivity index (χ1n) is 6.48. The van der Waals surface area contributed by atoms with E-state index < -0.39 is 20.7 Å². The Morgan fingerprint density at radius 2 is 2.00 bits per heavy atom. The van der Waals surface area contributed by atoms with Gasteiger partial charge in [0.15, 0.2) is 0 Å². The monoisotopic (exact) mass is 366 g/mol. The van der Waals surface area contributed by atoms with Crippen molar-refractivity contribution in [2.75, 3.05) is 12.3 Å². The molecule has 20 heavy (non-hydrogen) atoms. The van der Waals surface area contributed by atoms with E-state index in [2.05, 4.69) is 34.5 Å². The summed E-state index contributed by atoms with van der Waals surface area (Å²) in [6, 6.07) is 2.18. The van der Waals surface area contributed by atoms with Gasteiger partial charge in [-0.3, -0.25) is 0 Å². The third-order valence-corrected chi connectivity index (χ3v) is 5.00. The zero-order valence-corrected chi connectivity index (χ0v) is 14.0. The summed E-state index contributed by atoms with van der Waals surface area (Å²) in [6.07, 6.45) is 2.71. The van der Waals surface area contributed by atoms with Crippen LogP contribution in [0.1, 0.15) is 33.1 Å². The maximum Gasteiger partial charge on any atom is 0.243 e.